The highest BCUT2D eigenvalue weighted by molar-refractivity contribution is 5.88. The van der Waals surface area contributed by atoms with Gasteiger partial charge in [-0.2, -0.15) is 5.10 Å². The molecule has 2 atom stereocenters. The number of aromatic nitrogens is 2. The Morgan fingerprint density at radius 3 is 2.64 bits per heavy atom. The molecule has 1 saturated heterocycles. The van der Waals surface area contributed by atoms with Gasteiger partial charge in [0.2, 0.25) is 5.91 Å². The van der Waals surface area contributed by atoms with Crippen molar-refractivity contribution in [3.8, 4) is 0 Å². The van der Waals surface area contributed by atoms with Crippen LogP contribution in [0.25, 0.3) is 10.8 Å². The van der Waals surface area contributed by atoms with Crippen LogP contribution < -0.4 is 5.56 Å². The summed E-state index contributed by atoms with van der Waals surface area (Å²) in [7, 11) is 1.65. The molecule has 2 aliphatic rings. The summed E-state index contributed by atoms with van der Waals surface area (Å²) < 4.78 is 1.35. The van der Waals surface area contributed by atoms with E-state index in [1.165, 1.54) is 30.4 Å². The number of aryl methyl sites for hydroxylation is 1. The van der Waals surface area contributed by atoms with Gasteiger partial charge in [-0.05, 0) is 30.7 Å². The summed E-state index contributed by atoms with van der Waals surface area (Å²) in [6, 6.07) is 7.44. The molecule has 2 aromatic rings. The molecule has 1 amide bonds. The van der Waals surface area contributed by atoms with Crippen LogP contribution in [-0.4, -0.2) is 33.7 Å². The Bertz CT molecular complexity index is 858. The van der Waals surface area contributed by atoms with Crippen LogP contribution in [0, 0.1) is 11.8 Å². The number of carbonyl (C=O) groups is 1. The van der Waals surface area contributed by atoms with Gasteiger partial charge in [0, 0.05) is 25.5 Å². The summed E-state index contributed by atoms with van der Waals surface area (Å²) in [5.41, 5.74) is 0.586. The number of hydrogen-bond donors (Lipinski definition) is 0. The summed E-state index contributed by atoms with van der Waals surface area (Å²) in [5.74, 6) is 1.63. The normalized spacial score (nSPS) is 23.5. The van der Waals surface area contributed by atoms with Crippen LogP contribution in [0.1, 0.15) is 37.8 Å². The molecule has 0 N–H and O–H groups in total. The van der Waals surface area contributed by atoms with Crippen LogP contribution in [0.3, 0.4) is 0 Å². The number of amides is 1. The molecule has 4 rings (SSSR count). The Labute approximate surface area is 147 Å². The van der Waals surface area contributed by atoms with Crippen molar-refractivity contribution in [2.75, 3.05) is 13.1 Å². The van der Waals surface area contributed by atoms with E-state index in [1.54, 1.807) is 13.1 Å². The largest absolute Gasteiger partial charge is 0.342 e. The molecule has 0 spiro atoms. The van der Waals surface area contributed by atoms with E-state index in [1.807, 2.05) is 23.1 Å². The van der Waals surface area contributed by atoms with E-state index < -0.39 is 0 Å². The zero-order valence-electron chi connectivity index (χ0n) is 14.8. The number of likely N-dealkylation sites (tertiary alicyclic amines) is 1. The third-order valence-corrected chi connectivity index (χ3v) is 6.00. The maximum Gasteiger partial charge on any atom is 0.274 e. The summed E-state index contributed by atoms with van der Waals surface area (Å²) >= 11 is 0. The quantitative estimate of drug-likeness (QED) is 0.845. The molecule has 5 heteroatoms. The lowest BCUT2D eigenvalue weighted by molar-refractivity contribution is -0.133. The minimum absolute atomic E-state index is 0.116. The van der Waals surface area contributed by atoms with Crippen LogP contribution in [0.15, 0.2) is 29.1 Å². The van der Waals surface area contributed by atoms with Crippen molar-refractivity contribution in [3.63, 3.8) is 0 Å². The predicted octanol–water partition coefficient (Wildman–Crippen LogP) is 2.51. The Morgan fingerprint density at radius 1 is 1.12 bits per heavy atom. The molecular weight excluding hydrogens is 314 g/mol. The molecule has 1 aliphatic heterocycles. The number of nitrogens with zero attached hydrogens (tertiary/aromatic N) is 3. The first-order valence-corrected chi connectivity index (χ1v) is 9.36. The Balaban J connectivity index is 1.56. The van der Waals surface area contributed by atoms with Gasteiger partial charge in [0.25, 0.3) is 5.56 Å². The molecule has 0 radical (unpaired) electrons. The fraction of sp³-hybridized carbons (Fsp3) is 0.550. The van der Waals surface area contributed by atoms with Crippen LogP contribution in [0.4, 0.5) is 0 Å². The van der Waals surface area contributed by atoms with Crippen LogP contribution in [0.5, 0.6) is 0 Å². The molecule has 1 saturated carbocycles. The second-order valence-corrected chi connectivity index (χ2v) is 7.53. The highest BCUT2D eigenvalue weighted by Crippen LogP contribution is 2.36. The monoisotopic (exact) mass is 339 g/mol. The summed E-state index contributed by atoms with van der Waals surface area (Å²) in [5, 5.41) is 5.80. The van der Waals surface area contributed by atoms with Crippen LogP contribution in [0.2, 0.25) is 0 Å². The van der Waals surface area contributed by atoms with Gasteiger partial charge in [0.15, 0.2) is 0 Å². The lowest BCUT2D eigenvalue weighted by Crippen LogP contribution is -2.45. The Kier molecular flexibility index (Phi) is 4.32. The minimum atomic E-state index is -0.116. The molecule has 0 unspecified atom stereocenters. The lowest BCUT2D eigenvalue weighted by Gasteiger charge is -2.41. The molecule has 25 heavy (non-hydrogen) atoms. The fourth-order valence-corrected chi connectivity index (χ4v) is 4.59. The molecule has 1 aromatic heterocycles. The SMILES string of the molecule is Cn1nc(CC(=O)N2CC[C@@H]3CCCC[C@@H]3C2)c2ccccc2c1=O. The topological polar surface area (TPSA) is 55.2 Å². The molecular formula is C20H25N3O2. The highest BCUT2D eigenvalue weighted by Gasteiger charge is 2.33. The van der Waals surface area contributed by atoms with Gasteiger partial charge in [-0.25, -0.2) is 4.68 Å². The van der Waals surface area contributed by atoms with Gasteiger partial charge < -0.3 is 4.90 Å². The number of hydrogen-bond acceptors (Lipinski definition) is 3. The van der Waals surface area contributed by atoms with Gasteiger partial charge in [-0.3, -0.25) is 9.59 Å². The maximum atomic E-state index is 12.9. The summed E-state index contributed by atoms with van der Waals surface area (Å²) in [6.45, 7) is 1.76. The van der Waals surface area contributed by atoms with E-state index in [0.717, 1.165) is 30.8 Å². The summed E-state index contributed by atoms with van der Waals surface area (Å²) in [6.07, 6.45) is 6.65. The summed E-state index contributed by atoms with van der Waals surface area (Å²) in [4.78, 5) is 27.1. The van der Waals surface area contributed by atoms with Crippen molar-refractivity contribution in [2.45, 2.75) is 38.5 Å². The van der Waals surface area contributed by atoms with Gasteiger partial charge in [0.05, 0.1) is 17.5 Å². The average molecular weight is 339 g/mol. The maximum absolute atomic E-state index is 12.9. The standard InChI is InChI=1S/C20H25N3O2/c1-22-20(25)17-9-5-4-8-16(17)18(21-22)12-19(24)23-11-10-14-6-2-3-7-15(14)13-23/h4-5,8-9,14-15H,2-3,6-7,10-13H2,1H3/t14-,15+/m0/s1. The lowest BCUT2D eigenvalue weighted by atomic mass is 9.75. The molecule has 0 bridgehead atoms. The first kappa shape index (κ1) is 16.3. The van der Waals surface area contributed by atoms with Gasteiger partial charge in [0.1, 0.15) is 0 Å². The number of carbonyl (C=O) groups excluding carboxylic acids is 1. The Morgan fingerprint density at radius 2 is 1.84 bits per heavy atom. The highest BCUT2D eigenvalue weighted by atomic mass is 16.2. The van der Waals surface area contributed by atoms with Crippen LogP contribution >= 0.6 is 0 Å². The second kappa shape index (κ2) is 6.62. The third kappa shape index (κ3) is 3.08. The average Bonchev–Trinajstić information content (AvgIpc) is 2.65. The van der Waals surface area contributed by atoms with E-state index in [0.29, 0.717) is 17.0 Å². The first-order chi connectivity index (χ1) is 12.1. The van der Waals surface area contributed by atoms with E-state index in [4.69, 9.17) is 0 Å². The third-order valence-electron chi connectivity index (χ3n) is 6.00. The molecule has 2 fully saturated rings. The van der Waals surface area contributed by atoms with E-state index >= 15 is 0 Å². The number of benzene rings is 1. The van der Waals surface area contributed by atoms with Crippen molar-refractivity contribution < 1.29 is 4.79 Å². The van der Waals surface area contributed by atoms with E-state index in [-0.39, 0.29) is 17.9 Å². The zero-order chi connectivity index (χ0) is 17.4. The van der Waals surface area contributed by atoms with E-state index in [9.17, 15) is 9.59 Å². The zero-order valence-corrected chi connectivity index (χ0v) is 14.8. The van der Waals surface area contributed by atoms with Crippen molar-refractivity contribution in [3.05, 3.63) is 40.3 Å². The van der Waals surface area contributed by atoms with Crippen molar-refractivity contribution in [1.82, 2.24) is 14.7 Å². The molecule has 1 aromatic carbocycles. The molecule has 5 nitrogen and oxygen atoms in total. The second-order valence-electron chi connectivity index (χ2n) is 7.53. The number of rotatable bonds is 2. The first-order valence-electron chi connectivity index (χ1n) is 9.36. The van der Waals surface area contributed by atoms with Crippen molar-refractivity contribution in [2.24, 2.45) is 18.9 Å². The van der Waals surface area contributed by atoms with Gasteiger partial charge in [-0.15, -0.1) is 0 Å². The van der Waals surface area contributed by atoms with Crippen LogP contribution in [-0.2, 0) is 18.3 Å². The van der Waals surface area contributed by atoms with Gasteiger partial charge in [-0.1, -0.05) is 37.5 Å². The molecule has 2 heterocycles. The van der Waals surface area contributed by atoms with Gasteiger partial charge >= 0.3 is 0 Å². The molecule has 1 aliphatic carbocycles. The predicted molar refractivity (Wildman–Crippen MR) is 97.3 cm³/mol. The molecule has 132 valence electrons. The van der Waals surface area contributed by atoms with Crippen molar-refractivity contribution in [1.29, 1.82) is 0 Å². The van der Waals surface area contributed by atoms with Crippen molar-refractivity contribution >= 4 is 16.7 Å². The number of piperidine rings is 1. The number of fused-ring (bicyclic) bond motifs is 2. The Hall–Kier alpha value is -2.17. The minimum Gasteiger partial charge on any atom is -0.342 e. The fourth-order valence-electron chi connectivity index (χ4n) is 4.59. The van der Waals surface area contributed by atoms with E-state index in [2.05, 4.69) is 5.10 Å². The smallest absolute Gasteiger partial charge is 0.274 e.